The summed E-state index contributed by atoms with van der Waals surface area (Å²) in [7, 11) is -1.71. The third kappa shape index (κ3) is 4.14. The lowest BCUT2D eigenvalue weighted by atomic mass is 10.2. The summed E-state index contributed by atoms with van der Waals surface area (Å²) in [5.74, 6) is 0. The highest BCUT2D eigenvalue weighted by Crippen LogP contribution is 2.29. The van der Waals surface area contributed by atoms with Crippen LogP contribution in [0.4, 0.5) is 11.4 Å². The summed E-state index contributed by atoms with van der Waals surface area (Å²) >= 11 is 0. The number of nitrogens with zero attached hydrogens (tertiary/aromatic N) is 2. The first-order valence-electron chi connectivity index (χ1n) is 8.83. The minimum Gasteiger partial charge on any atom is -0.377 e. The van der Waals surface area contributed by atoms with E-state index in [-0.39, 0.29) is 16.7 Å². The summed E-state index contributed by atoms with van der Waals surface area (Å²) in [6.45, 7) is 3.46. The van der Waals surface area contributed by atoms with Crippen LogP contribution in [0.5, 0.6) is 0 Å². The molecule has 1 aromatic carbocycles. The summed E-state index contributed by atoms with van der Waals surface area (Å²) in [4.78, 5) is 12.1. The van der Waals surface area contributed by atoms with Crippen LogP contribution in [0.2, 0.25) is 0 Å². The van der Waals surface area contributed by atoms with E-state index in [0.29, 0.717) is 31.9 Å². The molecule has 2 saturated heterocycles. The van der Waals surface area contributed by atoms with E-state index < -0.39 is 14.9 Å². The summed E-state index contributed by atoms with van der Waals surface area (Å²) < 4.78 is 32.5. The van der Waals surface area contributed by atoms with Gasteiger partial charge in [0.15, 0.2) is 0 Å². The molecule has 2 N–H and O–H groups in total. The lowest BCUT2D eigenvalue weighted by Gasteiger charge is -2.29. The zero-order chi connectivity index (χ0) is 18.7. The molecule has 2 fully saturated rings. The Balaban J connectivity index is 1.79. The zero-order valence-corrected chi connectivity index (χ0v) is 15.6. The number of nitrogens with one attached hydrogen (secondary N) is 2. The van der Waals surface area contributed by atoms with Crippen molar-refractivity contribution in [1.29, 1.82) is 0 Å². The molecule has 2 heterocycles. The Labute approximate surface area is 153 Å². The van der Waals surface area contributed by atoms with Crippen LogP contribution in [0.15, 0.2) is 23.1 Å². The molecule has 0 amide bonds. The smallest absolute Gasteiger partial charge is 0.293 e. The molecule has 0 aliphatic carbocycles. The number of benzene rings is 1. The summed E-state index contributed by atoms with van der Waals surface area (Å²) in [5.41, 5.74) is 0.0797. The molecule has 144 valence electrons. The molecule has 26 heavy (non-hydrogen) atoms. The van der Waals surface area contributed by atoms with Gasteiger partial charge >= 0.3 is 0 Å². The van der Waals surface area contributed by atoms with E-state index in [4.69, 9.17) is 4.74 Å². The highest BCUT2D eigenvalue weighted by molar-refractivity contribution is 7.89. The predicted molar refractivity (Wildman–Crippen MR) is 95.9 cm³/mol. The van der Waals surface area contributed by atoms with Crippen LogP contribution >= 0.6 is 0 Å². The topological polar surface area (TPSA) is 106 Å². The molecule has 0 unspecified atom stereocenters. The monoisotopic (exact) mass is 385 g/mol. The van der Waals surface area contributed by atoms with E-state index in [2.05, 4.69) is 5.32 Å². The number of nitro benzene ring substituents is 1. The fraction of sp³-hybridized carbons (Fsp3) is 0.625. The van der Waals surface area contributed by atoms with Crippen LogP contribution in [-0.4, -0.2) is 70.1 Å². The lowest BCUT2D eigenvalue weighted by molar-refractivity contribution is -0.883. The van der Waals surface area contributed by atoms with Gasteiger partial charge in [0.05, 0.1) is 49.1 Å². The minimum absolute atomic E-state index is 0.0332. The maximum Gasteiger partial charge on any atom is 0.293 e. The Morgan fingerprint density at radius 2 is 2.12 bits per heavy atom. The Bertz CT molecular complexity index is 756. The average molecular weight is 385 g/mol. The van der Waals surface area contributed by atoms with Gasteiger partial charge in [0.1, 0.15) is 5.69 Å². The van der Waals surface area contributed by atoms with E-state index in [1.54, 1.807) is 0 Å². The molecule has 0 spiro atoms. The lowest BCUT2D eigenvalue weighted by Crippen LogP contribution is -3.12. The molecular formula is C16H25N4O5S+. The molecule has 2 aliphatic rings. The summed E-state index contributed by atoms with van der Waals surface area (Å²) in [5, 5.41) is 14.5. The second-order valence-electron chi connectivity index (χ2n) is 6.81. The van der Waals surface area contributed by atoms with Crippen molar-refractivity contribution >= 4 is 21.4 Å². The Hall–Kier alpha value is -1.75. The average Bonchev–Trinajstić information content (AvgIpc) is 3.13. The highest BCUT2D eigenvalue weighted by Gasteiger charge is 2.31. The fourth-order valence-corrected chi connectivity index (χ4v) is 4.72. The molecule has 1 aromatic rings. The van der Waals surface area contributed by atoms with E-state index in [0.717, 1.165) is 32.0 Å². The van der Waals surface area contributed by atoms with Crippen LogP contribution in [0.3, 0.4) is 0 Å². The number of quaternary nitrogens is 1. The second-order valence-corrected chi connectivity index (χ2v) is 8.75. The number of rotatable bonds is 6. The van der Waals surface area contributed by atoms with E-state index in [9.17, 15) is 18.5 Å². The molecule has 2 aliphatic heterocycles. The number of hydrogen-bond donors (Lipinski definition) is 2. The van der Waals surface area contributed by atoms with Crippen LogP contribution < -0.4 is 10.2 Å². The maximum absolute atomic E-state index is 12.8. The van der Waals surface area contributed by atoms with Crippen LogP contribution in [-0.2, 0) is 14.8 Å². The van der Waals surface area contributed by atoms with Gasteiger partial charge in [-0.05, 0) is 25.0 Å². The number of ether oxygens (including phenoxy) is 1. The highest BCUT2D eigenvalue weighted by atomic mass is 32.2. The first-order valence-corrected chi connectivity index (χ1v) is 10.3. The molecule has 0 saturated carbocycles. The molecule has 0 aromatic heterocycles. The molecule has 0 bridgehead atoms. The van der Waals surface area contributed by atoms with Crippen molar-refractivity contribution in [2.45, 2.75) is 23.8 Å². The first-order chi connectivity index (χ1) is 12.4. The molecule has 10 heteroatoms. The van der Waals surface area contributed by atoms with Crippen LogP contribution in [0, 0.1) is 10.1 Å². The van der Waals surface area contributed by atoms with E-state index in [1.807, 2.05) is 7.05 Å². The van der Waals surface area contributed by atoms with E-state index in [1.165, 1.54) is 21.3 Å². The molecule has 1 atom stereocenters. The van der Waals surface area contributed by atoms with Gasteiger partial charge in [0, 0.05) is 19.2 Å². The number of sulfonamides is 1. The van der Waals surface area contributed by atoms with Crippen molar-refractivity contribution in [3.8, 4) is 0 Å². The summed E-state index contributed by atoms with van der Waals surface area (Å²) in [6, 6.07) is 4.06. The number of anilines is 1. The van der Waals surface area contributed by atoms with Crippen molar-refractivity contribution in [1.82, 2.24) is 4.31 Å². The zero-order valence-electron chi connectivity index (χ0n) is 14.8. The number of likely N-dealkylation sites (N-methyl/N-ethyl adjacent to an activating group) is 1. The Morgan fingerprint density at radius 1 is 1.38 bits per heavy atom. The van der Waals surface area contributed by atoms with Gasteiger partial charge in [0.2, 0.25) is 10.0 Å². The van der Waals surface area contributed by atoms with Gasteiger partial charge in [-0.2, -0.15) is 4.31 Å². The van der Waals surface area contributed by atoms with E-state index >= 15 is 0 Å². The van der Waals surface area contributed by atoms with Gasteiger partial charge in [0.25, 0.3) is 5.69 Å². The van der Waals surface area contributed by atoms with Crippen LogP contribution in [0.1, 0.15) is 12.8 Å². The molecule has 3 rings (SSSR count). The van der Waals surface area contributed by atoms with Crippen molar-refractivity contribution in [2.75, 3.05) is 51.7 Å². The number of nitro groups is 1. The van der Waals surface area contributed by atoms with Gasteiger partial charge in [-0.25, -0.2) is 8.42 Å². The van der Waals surface area contributed by atoms with Crippen LogP contribution in [0.25, 0.3) is 0 Å². The van der Waals surface area contributed by atoms with Crippen molar-refractivity contribution in [3.05, 3.63) is 28.3 Å². The van der Waals surface area contributed by atoms with Gasteiger partial charge in [-0.1, -0.05) is 0 Å². The van der Waals surface area contributed by atoms with Crippen molar-refractivity contribution in [2.24, 2.45) is 0 Å². The van der Waals surface area contributed by atoms with Gasteiger partial charge < -0.3 is 15.0 Å². The number of hydrogen-bond acceptors (Lipinski definition) is 6. The fourth-order valence-electron chi connectivity index (χ4n) is 3.26. The largest absolute Gasteiger partial charge is 0.377 e. The predicted octanol–water partition coefficient (Wildman–Crippen LogP) is -0.295. The molecule has 0 radical (unpaired) electrons. The Kier molecular flexibility index (Phi) is 5.76. The third-order valence-corrected chi connectivity index (χ3v) is 6.82. The van der Waals surface area contributed by atoms with Gasteiger partial charge in [-0.15, -0.1) is 0 Å². The quantitative estimate of drug-likeness (QED) is 0.515. The third-order valence-electron chi connectivity index (χ3n) is 4.92. The van der Waals surface area contributed by atoms with Crippen molar-refractivity contribution < 1.29 is 23.0 Å². The van der Waals surface area contributed by atoms with Gasteiger partial charge in [-0.3, -0.25) is 10.1 Å². The minimum atomic E-state index is -3.73. The Morgan fingerprint density at radius 3 is 2.73 bits per heavy atom. The standard InChI is InChI=1S/C16H24N4O5S/c1-18-6-8-19(9-7-18)26(23,24)14-4-5-15(16(11-14)20(21)22)17-12-13-3-2-10-25-13/h4-5,11,13,17H,2-3,6-10,12H2,1H3/p+1/t13-/m0/s1. The maximum atomic E-state index is 12.8. The summed E-state index contributed by atoms with van der Waals surface area (Å²) in [6.07, 6.45) is 1.93. The second kappa shape index (κ2) is 7.87. The first kappa shape index (κ1) is 19.0. The normalized spacial score (nSPS) is 22.4. The number of piperazine rings is 1. The molecular weight excluding hydrogens is 360 g/mol. The SMILES string of the molecule is C[NH+]1CCN(S(=O)(=O)c2ccc(NC[C@@H]3CCCO3)c([N+](=O)[O-])c2)CC1. The molecule has 9 nitrogen and oxygen atoms in total. The van der Waals surface area contributed by atoms with Crippen molar-refractivity contribution in [3.63, 3.8) is 0 Å².